The maximum Gasteiger partial charge on any atom is 0.142 e. The van der Waals surface area contributed by atoms with E-state index in [0.29, 0.717) is 28.4 Å². The fourth-order valence-corrected chi connectivity index (χ4v) is 2.50. The zero-order chi connectivity index (χ0) is 14.5. The van der Waals surface area contributed by atoms with E-state index >= 15 is 0 Å². The van der Waals surface area contributed by atoms with Crippen LogP contribution in [0.2, 0.25) is 5.02 Å². The fraction of sp³-hybridized carbons (Fsp3) is 0.200. The largest absolute Gasteiger partial charge is 0.487 e. The van der Waals surface area contributed by atoms with Gasteiger partial charge in [0.15, 0.2) is 0 Å². The second-order valence-corrected chi connectivity index (χ2v) is 5.56. The first-order valence-electron chi connectivity index (χ1n) is 6.10. The molecular weight excluding hydrogens is 345 g/mol. The molecule has 0 bridgehead atoms. The lowest BCUT2D eigenvalue weighted by atomic mass is 10.2. The van der Waals surface area contributed by atoms with Crippen LogP contribution in [0.3, 0.4) is 0 Å². The van der Waals surface area contributed by atoms with E-state index < -0.39 is 0 Å². The second-order valence-electron chi connectivity index (χ2n) is 4.30. The van der Waals surface area contributed by atoms with Gasteiger partial charge in [-0.3, -0.25) is 0 Å². The van der Waals surface area contributed by atoms with E-state index in [1.807, 2.05) is 19.2 Å². The first-order chi connectivity index (χ1) is 9.61. The Hall–Kier alpha value is -1.10. The molecule has 0 aliphatic heterocycles. The van der Waals surface area contributed by atoms with Crippen molar-refractivity contribution >= 4 is 27.5 Å². The van der Waals surface area contributed by atoms with E-state index in [1.54, 1.807) is 18.2 Å². The molecule has 0 fully saturated rings. The summed E-state index contributed by atoms with van der Waals surface area (Å²) in [5.74, 6) is 0.367. The summed E-state index contributed by atoms with van der Waals surface area (Å²) in [5.41, 5.74) is 1.86. The van der Waals surface area contributed by atoms with Crippen LogP contribution in [0.4, 0.5) is 4.39 Å². The van der Waals surface area contributed by atoms with Crippen molar-refractivity contribution in [2.75, 3.05) is 7.05 Å². The number of para-hydroxylation sites is 1. The lowest BCUT2D eigenvalue weighted by Gasteiger charge is -2.13. The van der Waals surface area contributed by atoms with Gasteiger partial charge in [-0.1, -0.05) is 29.8 Å². The lowest BCUT2D eigenvalue weighted by molar-refractivity contribution is 0.302. The van der Waals surface area contributed by atoms with E-state index in [-0.39, 0.29) is 5.82 Å². The van der Waals surface area contributed by atoms with Crippen LogP contribution in [-0.2, 0) is 13.2 Å². The van der Waals surface area contributed by atoms with E-state index in [1.165, 1.54) is 6.07 Å². The number of rotatable bonds is 5. The molecule has 2 nitrogen and oxygen atoms in total. The van der Waals surface area contributed by atoms with Crippen molar-refractivity contribution in [3.63, 3.8) is 0 Å². The molecule has 106 valence electrons. The highest BCUT2D eigenvalue weighted by atomic mass is 79.9. The molecule has 0 saturated carbocycles. The van der Waals surface area contributed by atoms with Crippen LogP contribution in [0.15, 0.2) is 40.9 Å². The van der Waals surface area contributed by atoms with Crippen molar-refractivity contribution in [1.82, 2.24) is 5.32 Å². The van der Waals surface area contributed by atoms with Crippen molar-refractivity contribution in [3.8, 4) is 5.75 Å². The zero-order valence-electron chi connectivity index (χ0n) is 10.9. The molecule has 0 unspecified atom stereocenters. The Morgan fingerprint density at radius 1 is 1.30 bits per heavy atom. The highest BCUT2D eigenvalue weighted by Gasteiger charge is 2.09. The summed E-state index contributed by atoms with van der Waals surface area (Å²) in [6.45, 7) is 1.00. The third-order valence-electron chi connectivity index (χ3n) is 2.78. The molecule has 2 aromatic carbocycles. The highest BCUT2D eigenvalue weighted by Crippen LogP contribution is 2.29. The molecule has 0 heterocycles. The van der Waals surface area contributed by atoms with Crippen LogP contribution in [0, 0.1) is 5.82 Å². The van der Waals surface area contributed by atoms with Gasteiger partial charge >= 0.3 is 0 Å². The Kier molecular flexibility index (Phi) is 5.40. The first kappa shape index (κ1) is 15.3. The van der Waals surface area contributed by atoms with Gasteiger partial charge in [-0.05, 0) is 46.7 Å². The lowest BCUT2D eigenvalue weighted by Crippen LogP contribution is -2.08. The molecular formula is C15H14BrClFNO. The quantitative estimate of drug-likeness (QED) is 0.847. The Morgan fingerprint density at radius 2 is 2.10 bits per heavy atom. The van der Waals surface area contributed by atoms with Gasteiger partial charge in [0.1, 0.15) is 18.2 Å². The smallest absolute Gasteiger partial charge is 0.142 e. The summed E-state index contributed by atoms with van der Waals surface area (Å²) in [4.78, 5) is 0. The molecule has 0 amide bonds. The first-order valence-corrected chi connectivity index (χ1v) is 7.27. The number of benzene rings is 2. The van der Waals surface area contributed by atoms with Crippen LogP contribution in [0.1, 0.15) is 11.1 Å². The number of nitrogens with one attached hydrogen (secondary N) is 1. The second kappa shape index (κ2) is 7.07. The third-order valence-corrected chi connectivity index (χ3v) is 3.69. The van der Waals surface area contributed by atoms with Crippen LogP contribution in [0.25, 0.3) is 0 Å². The topological polar surface area (TPSA) is 21.3 Å². The van der Waals surface area contributed by atoms with E-state index in [2.05, 4.69) is 21.2 Å². The van der Waals surface area contributed by atoms with E-state index in [0.717, 1.165) is 11.1 Å². The number of ether oxygens (including phenoxy) is 1. The van der Waals surface area contributed by atoms with Crippen molar-refractivity contribution in [2.24, 2.45) is 0 Å². The highest BCUT2D eigenvalue weighted by molar-refractivity contribution is 9.10. The zero-order valence-corrected chi connectivity index (χ0v) is 13.3. The van der Waals surface area contributed by atoms with Crippen LogP contribution in [0.5, 0.6) is 5.75 Å². The number of halogens is 3. The average molecular weight is 359 g/mol. The number of hydrogen-bond acceptors (Lipinski definition) is 2. The minimum atomic E-state index is -0.289. The molecule has 0 aliphatic carbocycles. The average Bonchev–Trinajstić information content (AvgIpc) is 2.42. The molecule has 2 aromatic rings. The monoisotopic (exact) mass is 357 g/mol. The summed E-state index contributed by atoms with van der Waals surface area (Å²) >= 11 is 9.33. The number of hydrogen-bond donors (Lipinski definition) is 1. The molecule has 2 rings (SSSR count). The summed E-state index contributed by atoms with van der Waals surface area (Å²) in [6, 6.07) is 10.4. The van der Waals surface area contributed by atoms with Crippen LogP contribution >= 0.6 is 27.5 Å². The predicted molar refractivity (Wildman–Crippen MR) is 82.6 cm³/mol. The molecule has 0 aliphatic rings. The fourth-order valence-electron chi connectivity index (χ4n) is 1.83. The van der Waals surface area contributed by atoms with Gasteiger partial charge in [0, 0.05) is 12.1 Å². The maximum atomic E-state index is 13.2. The summed E-state index contributed by atoms with van der Waals surface area (Å²) in [5, 5.41) is 3.64. The van der Waals surface area contributed by atoms with Gasteiger partial charge < -0.3 is 10.1 Å². The summed E-state index contributed by atoms with van der Waals surface area (Å²) in [6.07, 6.45) is 0. The molecule has 0 spiro atoms. The normalized spacial score (nSPS) is 10.6. The van der Waals surface area contributed by atoms with Crippen molar-refractivity contribution < 1.29 is 9.13 Å². The molecule has 0 saturated heterocycles. The Morgan fingerprint density at radius 3 is 2.80 bits per heavy atom. The minimum absolute atomic E-state index is 0.289. The van der Waals surface area contributed by atoms with Gasteiger partial charge in [0.2, 0.25) is 0 Å². The standard InChI is InChI=1S/C15H14BrClFNO/c1-19-8-11-3-2-4-13(17)15(11)20-9-10-5-6-14(18)12(16)7-10/h2-7,19H,8-9H2,1H3. The van der Waals surface area contributed by atoms with Gasteiger partial charge in [-0.25, -0.2) is 4.39 Å². The Balaban J connectivity index is 2.15. The SMILES string of the molecule is CNCc1cccc(Cl)c1OCc1ccc(F)c(Br)c1. The molecule has 0 aromatic heterocycles. The maximum absolute atomic E-state index is 13.2. The summed E-state index contributed by atoms with van der Waals surface area (Å²) in [7, 11) is 1.86. The van der Waals surface area contributed by atoms with Crippen molar-refractivity contribution in [3.05, 3.63) is 62.8 Å². The Labute approximate surface area is 131 Å². The molecule has 1 N–H and O–H groups in total. The van der Waals surface area contributed by atoms with E-state index in [4.69, 9.17) is 16.3 Å². The molecule has 0 atom stereocenters. The van der Waals surface area contributed by atoms with Gasteiger partial charge in [0.05, 0.1) is 9.50 Å². The van der Waals surface area contributed by atoms with Crippen LogP contribution in [-0.4, -0.2) is 7.05 Å². The molecule has 0 radical (unpaired) electrons. The predicted octanol–water partition coefficient (Wildman–Crippen LogP) is 4.54. The van der Waals surface area contributed by atoms with Gasteiger partial charge in [-0.15, -0.1) is 0 Å². The Bertz CT molecular complexity index is 606. The van der Waals surface area contributed by atoms with Gasteiger partial charge in [-0.2, -0.15) is 0 Å². The van der Waals surface area contributed by atoms with Crippen LogP contribution < -0.4 is 10.1 Å². The third kappa shape index (κ3) is 3.72. The van der Waals surface area contributed by atoms with Crippen molar-refractivity contribution in [1.29, 1.82) is 0 Å². The summed E-state index contributed by atoms with van der Waals surface area (Å²) < 4.78 is 19.4. The minimum Gasteiger partial charge on any atom is -0.487 e. The van der Waals surface area contributed by atoms with E-state index in [9.17, 15) is 4.39 Å². The molecule has 5 heteroatoms. The van der Waals surface area contributed by atoms with Crippen molar-refractivity contribution in [2.45, 2.75) is 13.2 Å². The van der Waals surface area contributed by atoms with Gasteiger partial charge in [0.25, 0.3) is 0 Å². The molecule has 20 heavy (non-hydrogen) atoms.